The Kier molecular flexibility index (Phi) is 2.81. The number of nitrogens with zero attached hydrogens (tertiary/aromatic N) is 1. The van der Waals surface area contributed by atoms with Crippen LogP contribution in [0.25, 0.3) is 0 Å². The second-order valence-corrected chi connectivity index (χ2v) is 5.02. The third-order valence-electron chi connectivity index (χ3n) is 3.43. The van der Waals surface area contributed by atoms with E-state index in [9.17, 15) is 0 Å². The number of hydrogen-bond acceptors (Lipinski definition) is 2. The number of imidazole rings is 1. The fraction of sp³-hybridized carbons (Fsp3) is 0.385. The van der Waals surface area contributed by atoms with E-state index >= 15 is 0 Å². The molecule has 2 aromatic rings. The van der Waals surface area contributed by atoms with Gasteiger partial charge in [-0.1, -0.05) is 6.07 Å². The van der Waals surface area contributed by atoms with Crippen LogP contribution in [0.1, 0.15) is 35.7 Å². The van der Waals surface area contributed by atoms with Gasteiger partial charge in [0.25, 0.3) is 0 Å². The maximum atomic E-state index is 5.05. The Morgan fingerprint density at radius 3 is 3.24 bits per heavy atom. The molecule has 2 aromatic heterocycles. The van der Waals surface area contributed by atoms with Gasteiger partial charge in [0, 0.05) is 29.7 Å². The van der Waals surface area contributed by atoms with Crippen LogP contribution in [-0.2, 0) is 12.8 Å². The lowest BCUT2D eigenvalue weighted by Crippen LogP contribution is -2.14. The number of nitrogens with one attached hydrogen (secondary N) is 2. The summed E-state index contributed by atoms with van der Waals surface area (Å²) in [4.78, 5) is 10.8. The maximum absolute atomic E-state index is 5.05. The molecular weight excluding hydrogens is 230 g/mol. The SMILES string of the molecule is S=c1[nH]cc(CC2CCCc3cccnc32)[nH]1. The Morgan fingerprint density at radius 2 is 2.41 bits per heavy atom. The van der Waals surface area contributed by atoms with Crippen LogP contribution >= 0.6 is 12.2 Å². The first-order valence-corrected chi connectivity index (χ1v) is 6.44. The number of H-pyrrole nitrogens is 2. The zero-order valence-corrected chi connectivity index (χ0v) is 10.4. The Hall–Kier alpha value is -1.42. The van der Waals surface area contributed by atoms with Crippen molar-refractivity contribution < 1.29 is 0 Å². The minimum Gasteiger partial charge on any atom is -0.337 e. The average Bonchev–Trinajstić information content (AvgIpc) is 2.75. The molecule has 0 spiro atoms. The summed E-state index contributed by atoms with van der Waals surface area (Å²) in [6.07, 6.45) is 8.51. The third-order valence-corrected chi connectivity index (χ3v) is 3.65. The van der Waals surface area contributed by atoms with Crippen molar-refractivity contribution in [3.63, 3.8) is 0 Å². The molecule has 1 aliphatic rings. The maximum Gasteiger partial charge on any atom is 0.174 e. The molecule has 2 heterocycles. The quantitative estimate of drug-likeness (QED) is 0.798. The van der Waals surface area contributed by atoms with Crippen molar-refractivity contribution in [2.24, 2.45) is 0 Å². The Bertz CT molecular complexity index is 570. The van der Waals surface area contributed by atoms with Crippen molar-refractivity contribution in [2.75, 3.05) is 0 Å². The van der Waals surface area contributed by atoms with Gasteiger partial charge in [0.05, 0.1) is 0 Å². The predicted octanol–water partition coefficient (Wildman–Crippen LogP) is 3.13. The molecule has 0 saturated carbocycles. The smallest absolute Gasteiger partial charge is 0.174 e. The van der Waals surface area contributed by atoms with E-state index in [-0.39, 0.29) is 0 Å². The van der Waals surface area contributed by atoms with Gasteiger partial charge in [0.2, 0.25) is 0 Å². The van der Waals surface area contributed by atoms with E-state index in [4.69, 9.17) is 12.2 Å². The molecule has 1 aliphatic carbocycles. The largest absolute Gasteiger partial charge is 0.337 e. The van der Waals surface area contributed by atoms with Gasteiger partial charge in [0.1, 0.15) is 0 Å². The molecular formula is C13H15N3S. The van der Waals surface area contributed by atoms with Gasteiger partial charge in [-0.2, -0.15) is 0 Å². The fourth-order valence-electron chi connectivity index (χ4n) is 2.65. The zero-order chi connectivity index (χ0) is 11.7. The molecule has 17 heavy (non-hydrogen) atoms. The molecule has 4 heteroatoms. The van der Waals surface area contributed by atoms with Crippen LogP contribution in [0, 0.1) is 4.77 Å². The van der Waals surface area contributed by atoms with Crippen LogP contribution in [0.3, 0.4) is 0 Å². The molecule has 1 unspecified atom stereocenters. The van der Waals surface area contributed by atoms with E-state index in [2.05, 4.69) is 21.0 Å². The Morgan fingerprint density at radius 1 is 1.47 bits per heavy atom. The zero-order valence-electron chi connectivity index (χ0n) is 9.57. The molecule has 0 saturated heterocycles. The highest BCUT2D eigenvalue weighted by Crippen LogP contribution is 2.31. The van der Waals surface area contributed by atoms with Crippen molar-refractivity contribution in [3.8, 4) is 0 Å². The van der Waals surface area contributed by atoms with Crippen molar-refractivity contribution in [2.45, 2.75) is 31.6 Å². The highest BCUT2D eigenvalue weighted by atomic mass is 32.1. The standard InChI is InChI=1S/C13H15N3S/c17-13-15-8-11(16-13)7-10-4-1-3-9-5-2-6-14-12(9)10/h2,5-6,8,10H,1,3-4,7H2,(H2,15,16,17). The monoisotopic (exact) mass is 245 g/mol. The van der Waals surface area contributed by atoms with Crippen LogP contribution < -0.4 is 0 Å². The van der Waals surface area contributed by atoms with Gasteiger partial charge in [-0.3, -0.25) is 4.98 Å². The van der Waals surface area contributed by atoms with Crippen LogP contribution in [0.5, 0.6) is 0 Å². The van der Waals surface area contributed by atoms with Crippen molar-refractivity contribution in [1.29, 1.82) is 0 Å². The number of aromatic amines is 2. The van der Waals surface area contributed by atoms with Gasteiger partial charge in [-0.25, -0.2) is 0 Å². The number of aryl methyl sites for hydroxylation is 1. The first-order chi connectivity index (χ1) is 8.33. The summed E-state index contributed by atoms with van der Waals surface area (Å²) in [6.45, 7) is 0. The van der Waals surface area contributed by atoms with E-state index in [0.29, 0.717) is 10.7 Å². The number of pyridine rings is 1. The summed E-state index contributed by atoms with van der Waals surface area (Å²) < 4.78 is 0.706. The lowest BCUT2D eigenvalue weighted by Gasteiger charge is -2.23. The molecule has 0 amide bonds. The van der Waals surface area contributed by atoms with Gasteiger partial charge in [-0.05, 0) is 49.5 Å². The predicted molar refractivity (Wildman–Crippen MR) is 69.6 cm³/mol. The summed E-state index contributed by atoms with van der Waals surface area (Å²) in [5.74, 6) is 0.529. The lowest BCUT2D eigenvalue weighted by molar-refractivity contribution is 0.531. The third kappa shape index (κ3) is 2.17. The molecule has 88 valence electrons. The summed E-state index contributed by atoms with van der Waals surface area (Å²) >= 11 is 5.05. The first-order valence-electron chi connectivity index (χ1n) is 6.03. The lowest BCUT2D eigenvalue weighted by atomic mass is 9.84. The number of aromatic nitrogens is 3. The van der Waals surface area contributed by atoms with E-state index < -0.39 is 0 Å². The van der Waals surface area contributed by atoms with E-state index in [0.717, 1.165) is 6.42 Å². The van der Waals surface area contributed by atoms with E-state index in [1.807, 2.05) is 18.5 Å². The summed E-state index contributed by atoms with van der Waals surface area (Å²) in [6, 6.07) is 4.23. The molecule has 0 fully saturated rings. The van der Waals surface area contributed by atoms with Crippen LogP contribution in [0.15, 0.2) is 24.5 Å². The average molecular weight is 245 g/mol. The minimum atomic E-state index is 0.529. The van der Waals surface area contributed by atoms with Crippen molar-refractivity contribution in [1.82, 2.24) is 15.0 Å². The number of hydrogen-bond donors (Lipinski definition) is 2. The van der Waals surface area contributed by atoms with Crippen molar-refractivity contribution >= 4 is 12.2 Å². The normalized spacial score (nSPS) is 18.9. The Labute approximate surface area is 105 Å². The molecule has 0 radical (unpaired) electrons. The Balaban J connectivity index is 1.88. The molecule has 0 bridgehead atoms. The molecule has 3 nitrogen and oxygen atoms in total. The second-order valence-electron chi connectivity index (χ2n) is 4.61. The van der Waals surface area contributed by atoms with E-state index in [1.165, 1.54) is 36.2 Å². The second kappa shape index (κ2) is 4.45. The van der Waals surface area contributed by atoms with Gasteiger partial charge < -0.3 is 9.97 Å². The highest BCUT2D eigenvalue weighted by molar-refractivity contribution is 7.71. The summed E-state index contributed by atoms with van der Waals surface area (Å²) in [7, 11) is 0. The van der Waals surface area contributed by atoms with E-state index in [1.54, 1.807) is 0 Å². The molecule has 0 aromatic carbocycles. The molecule has 1 atom stereocenters. The molecule has 2 N–H and O–H groups in total. The van der Waals surface area contributed by atoms with Gasteiger partial charge >= 0.3 is 0 Å². The fourth-order valence-corrected chi connectivity index (χ4v) is 2.84. The van der Waals surface area contributed by atoms with Crippen LogP contribution in [-0.4, -0.2) is 15.0 Å². The summed E-state index contributed by atoms with van der Waals surface area (Å²) in [5, 5.41) is 0. The topological polar surface area (TPSA) is 44.5 Å². The van der Waals surface area contributed by atoms with Gasteiger partial charge in [-0.15, -0.1) is 0 Å². The van der Waals surface area contributed by atoms with Gasteiger partial charge in [0.15, 0.2) is 4.77 Å². The molecule has 0 aliphatic heterocycles. The van der Waals surface area contributed by atoms with Crippen LogP contribution in [0.2, 0.25) is 0 Å². The molecule has 3 rings (SSSR count). The minimum absolute atomic E-state index is 0.529. The first kappa shape index (κ1) is 10.7. The number of rotatable bonds is 2. The highest BCUT2D eigenvalue weighted by Gasteiger charge is 2.21. The van der Waals surface area contributed by atoms with Crippen LogP contribution in [0.4, 0.5) is 0 Å². The van der Waals surface area contributed by atoms with Crippen molar-refractivity contribution in [3.05, 3.63) is 46.2 Å². The number of fused-ring (bicyclic) bond motifs is 1. The summed E-state index contributed by atoms with van der Waals surface area (Å²) in [5.41, 5.74) is 3.87.